The Morgan fingerprint density at radius 2 is 1.42 bits per heavy atom. The Morgan fingerprint density at radius 1 is 0.756 bits per heavy atom. The van der Waals surface area contributed by atoms with E-state index in [2.05, 4.69) is 82.3 Å². The van der Waals surface area contributed by atoms with Crippen molar-refractivity contribution in [1.29, 1.82) is 0 Å². The largest absolute Gasteiger partial charge is 0.366 e. The Balaban J connectivity index is 1.34. The van der Waals surface area contributed by atoms with E-state index < -0.39 is 5.91 Å². The maximum absolute atomic E-state index is 14.7. The molecule has 45 heavy (non-hydrogen) atoms. The number of Topliss-reactive ketones (excluding diaryl/α,β-unsaturated/α-hetero) is 1. The molecule has 5 heteroatoms. The van der Waals surface area contributed by atoms with Gasteiger partial charge in [0.25, 0.3) is 0 Å². The summed E-state index contributed by atoms with van der Waals surface area (Å²) in [7, 11) is 0. The van der Waals surface area contributed by atoms with Crippen LogP contribution in [0.4, 0.5) is 0 Å². The molecule has 4 aromatic carbocycles. The molecule has 2 heterocycles. The molecule has 1 aromatic heterocycles. The summed E-state index contributed by atoms with van der Waals surface area (Å²) >= 11 is 0. The number of carbonyl (C=O) groups is 2. The molecule has 5 aromatic rings. The molecule has 1 fully saturated rings. The van der Waals surface area contributed by atoms with Gasteiger partial charge in [-0.15, -0.1) is 0 Å². The van der Waals surface area contributed by atoms with E-state index in [-0.39, 0.29) is 11.7 Å². The van der Waals surface area contributed by atoms with Crippen LogP contribution in [0.1, 0.15) is 56.8 Å². The lowest BCUT2D eigenvalue weighted by atomic mass is 9.83. The van der Waals surface area contributed by atoms with E-state index >= 15 is 0 Å². The lowest BCUT2D eigenvalue weighted by molar-refractivity contribution is 0.0858. The average Bonchev–Trinajstić information content (AvgIpc) is 3.41. The average molecular weight is 596 g/mol. The highest BCUT2D eigenvalue weighted by molar-refractivity contribution is 6.04. The molecule has 1 aliphatic rings. The molecule has 2 atom stereocenters. The number of aryl methyl sites for hydroxylation is 1. The van der Waals surface area contributed by atoms with Crippen molar-refractivity contribution in [2.45, 2.75) is 39.2 Å². The van der Waals surface area contributed by atoms with Gasteiger partial charge in [0.2, 0.25) is 5.91 Å². The Morgan fingerprint density at radius 3 is 2.11 bits per heavy atom. The SMILES string of the molecule is Cc1cc(C(=O)C2CC[C@H](Cc3ccccc3)CN(Cc3ccccc3)CC2)c(-c2ccccc2)n1-c1cccc(C(N)=O)c1. The van der Waals surface area contributed by atoms with E-state index in [0.717, 1.165) is 73.5 Å². The van der Waals surface area contributed by atoms with Crippen LogP contribution < -0.4 is 5.73 Å². The molecule has 5 nitrogen and oxygen atoms in total. The van der Waals surface area contributed by atoms with Gasteiger partial charge >= 0.3 is 0 Å². The summed E-state index contributed by atoms with van der Waals surface area (Å²) in [6, 6.07) is 40.8. The number of primary amides is 1. The first-order valence-corrected chi connectivity index (χ1v) is 16.0. The van der Waals surface area contributed by atoms with Gasteiger partial charge < -0.3 is 10.3 Å². The lowest BCUT2D eigenvalue weighted by Crippen LogP contribution is -2.36. The molecular weight excluding hydrogens is 554 g/mol. The van der Waals surface area contributed by atoms with Gasteiger partial charge in [0.15, 0.2) is 5.78 Å². The topological polar surface area (TPSA) is 68.3 Å². The predicted octanol–water partition coefficient (Wildman–Crippen LogP) is 7.90. The second-order valence-corrected chi connectivity index (χ2v) is 12.4. The number of aromatic nitrogens is 1. The molecule has 0 bridgehead atoms. The third kappa shape index (κ3) is 7.16. The van der Waals surface area contributed by atoms with E-state index in [9.17, 15) is 9.59 Å². The first kappa shape index (κ1) is 30.3. The van der Waals surface area contributed by atoms with Gasteiger partial charge in [-0.1, -0.05) is 97.1 Å². The van der Waals surface area contributed by atoms with Crippen LogP contribution in [0.25, 0.3) is 16.9 Å². The number of carbonyl (C=O) groups excluding carboxylic acids is 2. The summed E-state index contributed by atoms with van der Waals surface area (Å²) in [5.74, 6) is 0.0975. The van der Waals surface area contributed by atoms with Gasteiger partial charge in [-0.05, 0) is 86.0 Å². The predicted molar refractivity (Wildman–Crippen MR) is 181 cm³/mol. The zero-order chi connectivity index (χ0) is 31.2. The fourth-order valence-electron chi connectivity index (χ4n) is 6.89. The zero-order valence-electron chi connectivity index (χ0n) is 25.9. The Labute approximate surface area is 266 Å². The van der Waals surface area contributed by atoms with Crippen LogP contribution >= 0.6 is 0 Å². The summed E-state index contributed by atoms with van der Waals surface area (Å²) in [6.07, 6.45) is 3.69. The van der Waals surface area contributed by atoms with E-state index in [4.69, 9.17) is 5.73 Å². The highest BCUT2D eigenvalue weighted by Gasteiger charge is 2.30. The van der Waals surface area contributed by atoms with Gasteiger partial charge in [0, 0.05) is 41.5 Å². The van der Waals surface area contributed by atoms with E-state index in [1.54, 1.807) is 6.07 Å². The maximum Gasteiger partial charge on any atom is 0.248 e. The quantitative estimate of drug-likeness (QED) is 0.176. The summed E-state index contributed by atoms with van der Waals surface area (Å²) < 4.78 is 2.10. The van der Waals surface area contributed by atoms with Crippen molar-refractivity contribution in [3.8, 4) is 16.9 Å². The van der Waals surface area contributed by atoms with Gasteiger partial charge in [0.1, 0.15) is 0 Å². The van der Waals surface area contributed by atoms with Crippen LogP contribution in [0.15, 0.2) is 121 Å². The molecule has 0 spiro atoms. The molecule has 0 saturated carbocycles. The standard InChI is InChI=1S/C40H41N3O2/c1-29-24-37(38(33-16-9-4-10-17-33)43(29)36-19-11-18-35(26-36)40(41)45)39(44)34-21-20-32(25-30-12-5-2-6-13-30)28-42(23-22-34)27-31-14-7-3-8-15-31/h2-19,24,26,32,34H,20-23,25,27-28H2,1H3,(H2,41,45)/t32-,34?/m1/s1. The van der Waals surface area contributed by atoms with E-state index in [0.29, 0.717) is 11.5 Å². The molecule has 2 N–H and O–H groups in total. The molecule has 0 aliphatic carbocycles. The number of nitrogens with two attached hydrogens (primary N) is 1. The maximum atomic E-state index is 14.7. The zero-order valence-corrected chi connectivity index (χ0v) is 25.9. The summed E-state index contributed by atoms with van der Waals surface area (Å²) in [6.45, 7) is 4.80. The number of likely N-dealkylation sites (tertiary alicyclic amines) is 1. The second kappa shape index (κ2) is 13.9. The third-order valence-electron chi connectivity index (χ3n) is 9.11. The van der Waals surface area contributed by atoms with Crippen molar-refractivity contribution in [3.63, 3.8) is 0 Å². The van der Waals surface area contributed by atoms with Crippen LogP contribution in [0.5, 0.6) is 0 Å². The van der Waals surface area contributed by atoms with Crippen LogP contribution in [0, 0.1) is 18.8 Å². The first-order valence-electron chi connectivity index (χ1n) is 16.0. The second-order valence-electron chi connectivity index (χ2n) is 12.4. The molecule has 1 aliphatic heterocycles. The molecule has 228 valence electrons. The lowest BCUT2D eigenvalue weighted by Gasteiger charge is -2.33. The minimum absolute atomic E-state index is 0.0866. The van der Waals surface area contributed by atoms with Crippen LogP contribution in [-0.4, -0.2) is 34.2 Å². The number of hydrogen-bond donors (Lipinski definition) is 1. The smallest absolute Gasteiger partial charge is 0.248 e. The van der Waals surface area contributed by atoms with Crippen molar-refractivity contribution >= 4 is 11.7 Å². The van der Waals surface area contributed by atoms with Crippen LogP contribution in [-0.2, 0) is 13.0 Å². The Bertz CT molecular complexity index is 1690. The summed E-state index contributed by atoms with van der Waals surface area (Å²) in [5.41, 5.74) is 13.1. The number of rotatable bonds is 9. The number of benzene rings is 4. The van der Waals surface area contributed by atoms with Crippen molar-refractivity contribution in [3.05, 3.63) is 149 Å². The summed E-state index contributed by atoms with van der Waals surface area (Å²) in [5, 5.41) is 0. The number of ketones is 1. The monoisotopic (exact) mass is 595 g/mol. The molecule has 6 rings (SSSR count). The van der Waals surface area contributed by atoms with Crippen molar-refractivity contribution in [2.75, 3.05) is 13.1 Å². The molecular formula is C40H41N3O2. The normalized spacial score (nSPS) is 17.4. The number of amides is 1. The molecule has 1 unspecified atom stereocenters. The van der Waals surface area contributed by atoms with Crippen LogP contribution in [0.2, 0.25) is 0 Å². The van der Waals surface area contributed by atoms with Gasteiger partial charge in [-0.3, -0.25) is 14.5 Å². The van der Waals surface area contributed by atoms with E-state index in [1.165, 1.54) is 11.1 Å². The van der Waals surface area contributed by atoms with Crippen LogP contribution in [0.3, 0.4) is 0 Å². The minimum atomic E-state index is -0.473. The molecule has 1 saturated heterocycles. The van der Waals surface area contributed by atoms with Gasteiger partial charge in [-0.2, -0.15) is 0 Å². The first-order chi connectivity index (χ1) is 22.0. The minimum Gasteiger partial charge on any atom is -0.366 e. The number of nitrogens with zero attached hydrogens (tertiary/aromatic N) is 2. The van der Waals surface area contributed by atoms with E-state index in [1.807, 2.05) is 49.4 Å². The Hall–Kier alpha value is -4.74. The van der Waals surface area contributed by atoms with Crippen molar-refractivity contribution in [2.24, 2.45) is 17.6 Å². The van der Waals surface area contributed by atoms with Crippen molar-refractivity contribution in [1.82, 2.24) is 9.47 Å². The molecule has 0 radical (unpaired) electrons. The molecule has 1 amide bonds. The highest BCUT2D eigenvalue weighted by atomic mass is 16.1. The fraction of sp³-hybridized carbons (Fsp3) is 0.250. The Kier molecular flexibility index (Phi) is 9.37. The van der Waals surface area contributed by atoms with Gasteiger partial charge in [-0.25, -0.2) is 0 Å². The number of hydrogen-bond acceptors (Lipinski definition) is 3. The fourth-order valence-corrected chi connectivity index (χ4v) is 6.89. The summed E-state index contributed by atoms with van der Waals surface area (Å²) in [4.78, 5) is 29.2. The van der Waals surface area contributed by atoms with Crippen molar-refractivity contribution < 1.29 is 9.59 Å². The third-order valence-corrected chi connectivity index (χ3v) is 9.11. The van der Waals surface area contributed by atoms with Gasteiger partial charge in [0.05, 0.1) is 5.69 Å². The highest BCUT2D eigenvalue weighted by Crippen LogP contribution is 2.35.